The quantitative estimate of drug-likeness (QED) is 0.269. The molecule has 0 unspecified atom stereocenters. The average Bonchev–Trinajstić information content (AvgIpc) is 3.27. The maximum Gasteiger partial charge on any atom is 0.348 e. The second-order valence-electron chi connectivity index (χ2n) is 11.0. The zero-order valence-corrected chi connectivity index (χ0v) is 23.1. The van der Waals surface area contributed by atoms with Gasteiger partial charge in [0.2, 0.25) is 6.10 Å². The van der Waals surface area contributed by atoms with Gasteiger partial charge in [-0.1, -0.05) is 6.07 Å². The standard InChI is InChI=1S/C28H33NO12/c1-13(30)25(34)40-18(26(35)38-14(2)24(32)33)12-20(31)39-17-7-8-28(36)19-11-15-5-6-16(37-4)22-21(15)27(28,23(17)41-22)9-10-29(19)3/h5-7,13-14,18-19,23,30,36H,8-12H2,1-4H3,(H,32,33)/t13-,14-,18-,19+,23-,27-,28+/m0/s1. The highest BCUT2D eigenvalue weighted by Gasteiger charge is 2.72. The zero-order valence-electron chi connectivity index (χ0n) is 23.1. The Kier molecular flexibility index (Phi) is 7.24. The minimum absolute atomic E-state index is 0.127. The van der Waals surface area contributed by atoms with E-state index in [2.05, 4.69) is 4.90 Å². The van der Waals surface area contributed by atoms with Gasteiger partial charge < -0.3 is 43.9 Å². The van der Waals surface area contributed by atoms with Gasteiger partial charge in [0.15, 0.2) is 23.7 Å². The predicted molar refractivity (Wildman–Crippen MR) is 137 cm³/mol. The van der Waals surface area contributed by atoms with E-state index in [1.54, 1.807) is 6.08 Å². The summed E-state index contributed by atoms with van der Waals surface area (Å²) >= 11 is 0. The molecule has 2 heterocycles. The Morgan fingerprint density at radius 3 is 2.56 bits per heavy atom. The van der Waals surface area contributed by atoms with Gasteiger partial charge in [-0.25, -0.2) is 14.4 Å². The highest BCUT2D eigenvalue weighted by Crippen LogP contribution is 2.65. The molecule has 4 aliphatic rings. The molecule has 5 rings (SSSR count). The molecular formula is C28H33NO12. The van der Waals surface area contributed by atoms with Crippen molar-refractivity contribution in [3.05, 3.63) is 35.1 Å². The average molecular weight is 576 g/mol. The Morgan fingerprint density at radius 1 is 1.17 bits per heavy atom. The first-order valence-electron chi connectivity index (χ1n) is 13.4. The van der Waals surface area contributed by atoms with E-state index >= 15 is 0 Å². The number of likely N-dealkylation sites (tertiary alicyclic amines) is 1. The number of nitrogens with zero attached hydrogens (tertiary/aromatic N) is 1. The summed E-state index contributed by atoms with van der Waals surface area (Å²) in [6, 6.07) is 3.56. The first kappa shape index (κ1) is 28.8. The van der Waals surface area contributed by atoms with Gasteiger partial charge in [-0.2, -0.15) is 0 Å². The fourth-order valence-electron chi connectivity index (χ4n) is 6.62. The minimum atomic E-state index is -1.87. The van der Waals surface area contributed by atoms with E-state index in [1.165, 1.54) is 7.11 Å². The number of likely N-dealkylation sites (N-methyl/N-ethyl adjacent to an activating group) is 1. The maximum absolute atomic E-state index is 13.2. The molecule has 1 spiro atoms. The lowest BCUT2D eigenvalue weighted by Gasteiger charge is -2.61. The molecule has 7 atom stereocenters. The van der Waals surface area contributed by atoms with Crippen LogP contribution in [0, 0.1) is 0 Å². The van der Waals surface area contributed by atoms with Gasteiger partial charge in [-0.15, -0.1) is 0 Å². The fourth-order valence-corrected chi connectivity index (χ4v) is 6.62. The molecule has 1 aromatic carbocycles. The largest absolute Gasteiger partial charge is 0.493 e. The van der Waals surface area contributed by atoms with Crippen molar-refractivity contribution in [1.82, 2.24) is 4.90 Å². The van der Waals surface area contributed by atoms with Gasteiger partial charge >= 0.3 is 23.9 Å². The molecule has 222 valence electrons. The minimum Gasteiger partial charge on any atom is -0.493 e. The van der Waals surface area contributed by atoms with Gasteiger partial charge in [-0.05, 0) is 58.0 Å². The third-order valence-corrected chi connectivity index (χ3v) is 8.64. The van der Waals surface area contributed by atoms with Crippen LogP contribution in [-0.2, 0) is 45.2 Å². The number of benzene rings is 1. The molecule has 2 bridgehead atoms. The van der Waals surface area contributed by atoms with Crippen molar-refractivity contribution in [2.75, 3.05) is 20.7 Å². The Labute approximate surface area is 235 Å². The number of rotatable bonds is 9. The van der Waals surface area contributed by atoms with E-state index in [-0.39, 0.29) is 18.2 Å². The summed E-state index contributed by atoms with van der Waals surface area (Å²) in [6.07, 6.45) is -3.90. The van der Waals surface area contributed by atoms with Crippen molar-refractivity contribution in [2.24, 2.45) is 0 Å². The molecule has 2 aliphatic heterocycles. The second-order valence-corrected chi connectivity index (χ2v) is 11.0. The van der Waals surface area contributed by atoms with E-state index in [4.69, 9.17) is 28.8 Å². The first-order chi connectivity index (χ1) is 19.3. The summed E-state index contributed by atoms with van der Waals surface area (Å²) in [5, 5.41) is 30.8. The van der Waals surface area contributed by atoms with Gasteiger partial charge in [0.25, 0.3) is 0 Å². The van der Waals surface area contributed by atoms with Crippen molar-refractivity contribution in [3.63, 3.8) is 0 Å². The molecule has 2 aliphatic carbocycles. The number of aliphatic hydroxyl groups is 2. The van der Waals surface area contributed by atoms with Crippen molar-refractivity contribution in [3.8, 4) is 11.5 Å². The third-order valence-electron chi connectivity index (χ3n) is 8.64. The van der Waals surface area contributed by atoms with Crippen LogP contribution in [0.4, 0.5) is 0 Å². The van der Waals surface area contributed by atoms with E-state index in [9.17, 15) is 29.4 Å². The van der Waals surface area contributed by atoms with Crippen LogP contribution in [0.3, 0.4) is 0 Å². The number of aliphatic hydroxyl groups excluding tert-OH is 1. The molecule has 1 aromatic rings. The van der Waals surface area contributed by atoms with Crippen molar-refractivity contribution in [2.45, 2.75) is 81.0 Å². The van der Waals surface area contributed by atoms with Crippen LogP contribution >= 0.6 is 0 Å². The fraction of sp³-hybridized carbons (Fsp3) is 0.571. The van der Waals surface area contributed by atoms with Gasteiger partial charge in [0.1, 0.15) is 11.9 Å². The van der Waals surface area contributed by atoms with E-state index in [0.717, 1.165) is 25.0 Å². The molecule has 0 saturated carbocycles. The van der Waals surface area contributed by atoms with Crippen LogP contribution in [0.2, 0.25) is 0 Å². The number of methoxy groups -OCH3 is 1. The highest BCUT2D eigenvalue weighted by molar-refractivity contribution is 5.87. The van der Waals surface area contributed by atoms with E-state index < -0.39 is 65.7 Å². The number of hydrogen-bond acceptors (Lipinski definition) is 12. The number of carboxylic acids is 1. The summed E-state index contributed by atoms with van der Waals surface area (Å²) < 4.78 is 27.4. The van der Waals surface area contributed by atoms with Crippen molar-refractivity contribution in [1.29, 1.82) is 0 Å². The van der Waals surface area contributed by atoms with Gasteiger partial charge in [0.05, 0.1) is 24.5 Å². The SMILES string of the molecule is COc1ccc2c3c1O[C@H]1C(OC(=O)C[C@H](OC(=O)[C@H](C)O)C(=O)O[C@@H](C)C(=O)O)=CC[C@@]4(O)[C@@H](C2)N(C)CC[C@]314. The monoisotopic (exact) mass is 575 g/mol. The smallest absolute Gasteiger partial charge is 0.348 e. The highest BCUT2D eigenvalue weighted by atomic mass is 16.6. The number of carboxylic acid groups (broad SMARTS) is 1. The van der Waals surface area contributed by atoms with Gasteiger partial charge in [0, 0.05) is 18.0 Å². The van der Waals surface area contributed by atoms with Crippen LogP contribution in [-0.4, -0.2) is 101 Å². The molecule has 0 radical (unpaired) electrons. The van der Waals surface area contributed by atoms with Crippen LogP contribution in [0.1, 0.15) is 44.2 Å². The number of piperidine rings is 1. The first-order valence-corrected chi connectivity index (χ1v) is 13.4. The van der Waals surface area contributed by atoms with E-state index in [0.29, 0.717) is 30.9 Å². The molecule has 13 heteroatoms. The number of aliphatic carboxylic acids is 1. The Morgan fingerprint density at radius 2 is 1.90 bits per heavy atom. The number of hydrogen-bond donors (Lipinski definition) is 3. The lowest BCUT2D eigenvalue weighted by atomic mass is 9.50. The lowest BCUT2D eigenvalue weighted by Crippen LogP contribution is -2.74. The number of carbonyl (C=O) groups excluding carboxylic acids is 3. The van der Waals surface area contributed by atoms with Gasteiger partial charge in [-0.3, -0.25) is 4.79 Å². The molecule has 13 nitrogen and oxygen atoms in total. The molecular weight excluding hydrogens is 542 g/mol. The van der Waals surface area contributed by atoms with Crippen molar-refractivity contribution < 1.29 is 58.2 Å². The Balaban J connectivity index is 1.44. The summed E-state index contributed by atoms with van der Waals surface area (Å²) in [5.41, 5.74) is -0.306. The summed E-state index contributed by atoms with van der Waals surface area (Å²) in [7, 11) is 3.48. The molecule has 0 amide bonds. The molecule has 1 fully saturated rings. The van der Waals surface area contributed by atoms with Crippen LogP contribution in [0.25, 0.3) is 0 Å². The van der Waals surface area contributed by atoms with Crippen LogP contribution in [0.15, 0.2) is 24.0 Å². The topological polar surface area (TPSA) is 178 Å². The summed E-state index contributed by atoms with van der Waals surface area (Å²) in [6.45, 7) is 2.86. The normalized spacial score (nSPS) is 29.6. The zero-order chi connectivity index (χ0) is 29.9. The van der Waals surface area contributed by atoms with Crippen molar-refractivity contribution >= 4 is 23.9 Å². The molecule has 0 aromatic heterocycles. The van der Waals surface area contributed by atoms with E-state index in [1.807, 2.05) is 19.2 Å². The Bertz CT molecular complexity index is 1320. The molecule has 3 N–H and O–H groups in total. The van der Waals surface area contributed by atoms with Crippen LogP contribution in [0.5, 0.6) is 11.5 Å². The molecule has 41 heavy (non-hydrogen) atoms. The maximum atomic E-state index is 13.2. The number of carbonyl (C=O) groups is 4. The predicted octanol–water partition coefficient (Wildman–Crippen LogP) is 0.215. The Hall–Kier alpha value is -3.68. The van der Waals surface area contributed by atoms with Crippen LogP contribution < -0.4 is 9.47 Å². The second kappa shape index (κ2) is 10.3. The number of esters is 3. The summed E-state index contributed by atoms with van der Waals surface area (Å²) in [5.74, 6) is -3.85. The molecule has 1 saturated heterocycles. The summed E-state index contributed by atoms with van der Waals surface area (Å²) in [4.78, 5) is 51.0. The lowest BCUT2D eigenvalue weighted by molar-refractivity contribution is -0.182. The number of ether oxygens (including phenoxy) is 5. The third kappa shape index (κ3) is 4.43.